The Kier molecular flexibility index (Phi) is 7.96. The van der Waals surface area contributed by atoms with Crippen LogP contribution in [0.2, 0.25) is 0 Å². The lowest BCUT2D eigenvalue weighted by atomic mass is 9.87. The third-order valence-electron chi connectivity index (χ3n) is 5.66. The van der Waals surface area contributed by atoms with E-state index < -0.39 is 5.82 Å². The molecular weight excluding hydrogens is 409 g/mol. The van der Waals surface area contributed by atoms with E-state index >= 15 is 0 Å². The standard InChI is InChI=1S/C25H34FN3O3/c1-25(2,3)23(18-32-22-8-6-5-7-21(22)26)27-24(30)28(4)17-19-9-11-20(12-10-19)29-13-15-31-16-14-29/h5-12,23H,13-18H2,1-4H3,(H,27,30). The lowest BCUT2D eigenvalue weighted by Gasteiger charge is -2.33. The first-order valence-corrected chi connectivity index (χ1v) is 11.0. The number of rotatable bonds is 7. The molecule has 1 aliphatic rings. The number of anilines is 1. The van der Waals surface area contributed by atoms with Crippen molar-refractivity contribution in [2.24, 2.45) is 5.41 Å². The van der Waals surface area contributed by atoms with Gasteiger partial charge in [-0.2, -0.15) is 0 Å². The number of hydrogen-bond acceptors (Lipinski definition) is 4. The highest BCUT2D eigenvalue weighted by Crippen LogP contribution is 2.23. The Hall–Kier alpha value is -2.80. The van der Waals surface area contributed by atoms with Crippen molar-refractivity contribution >= 4 is 11.7 Å². The molecule has 32 heavy (non-hydrogen) atoms. The molecule has 0 radical (unpaired) electrons. The van der Waals surface area contributed by atoms with Crippen molar-refractivity contribution in [2.45, 2.75) is 33.4 Å². The topological polar surface area (TPSA) is 54.0 Å². The number of nitrogens with zero attached hydrogens (tertiary/aromatic N) is 2. The third kappa shape index (κ3) is 6.60. The molecule has 1 fully saturated rings. The van der Waals surface area contributed by atoms with E-state index in [1.807, 2.05) is 20.8 Å². The summed E-state index contributed by atoms with van der Waals surface area (Å²) in [6.45, 7) is 10.0. The van der Waals surface area contributed by atoms with Crippen molar-refractivity contribution in [1.82, 2.24) is 10.2 Å². The van der Waals surface area contributed by atoms with Crippen LogP contribution < -0.4 is 15.0 Å². The van der Waals surface area contributed by atoms with Crippen LogP contribution in [0.1, 0.15) is 26.3 Å². The average molecular weight is 444 g/mol. The van der Waals surface area contributed by atoms with Crippen molar-refractivity contribution in [3.05, 3.63) is 59.9 Å². The Morgan fingerprint density at radius 3 is 2.44 bits per heavy atom. The van der Waals surface area contributed by atoms with Crippen molar-refractivity contribution in [2.75, 3.05) is 44.9 Å². The molecule has 1 atom stereocenters. The van der Waals surface area contributed by atoms with Crippen LogP contribution in [0.4, 0.5) is 14.9 Å². The van der Waals surface area contributed by atoms with Gasteiger partial charge in [0.2, 0.25) is 0 Å². The van der Waals surface area contributed by atoms with Crippen molar-refractivity contribution in [1.29, 1.82) is 0 Å². The van der Waals surface area contributed by atoms with Gasteiger partial charge in [0.1, 0.15) is 6.61 Å². The van der Waals surface area contributed by atoms with Crippen molar-refractivity contribution in [3.63, 3.8) is 0 Å². The summed E-state index contributed by atoms with van der Waals surface area (Å²) in [5.41, 5.74) is 1.96. The summed E-state index contributed by atoms with van der Waals surface area (Å²) in [7, 11) is 1.77. The number of nitrogens with one attached hydrogen (secondary N) is 1. The highest BCUT2D eigenvalue weighted by atomic mass is 19.1. The number of benzene rings is 2. The summed E-state index contributed by atoms with van der Waals surface area (Å²) in [6, 6.07) is 14.1. The van der Waals surface area contributed by atoms with Gasteiger partial charge in [-0.15, -0.1) is 0 Å². The maximum atomic E-state index is 13.9. The number of carbonyl (C=O) groups is 1. The molecule has 0 aromatic heterocycles. The van der Waals surface area contributed by atoms with Crippen molar-refractivity contribution < 1.29 is 18.7 Å². The fraction of sp³-hybridized carbons (Fsp3) is 0.480. The van der Waals surface area contributed by atoms with Gasteiger partial charge >= 0.3 is 6.03 Å². The van der Waals surface area contributed by atoms with E-state index in [1.165, 1.54) is 11.8 Å². The first kappa shape index (κ1) is 23.9. The minimum atomic E-state index is -0.413. The van der Waals surface area contributed by atoms with Crippen LogP contribution >= 0.6 is 0 Å². The van der Waals surface area contributed by atoms with E-state index in [0.29, 0.717) is 6.54 Å². The SMILES string of the molecule is CN(Cc1ccc(N2CCOCC2)cc1)C(=O)NC(COc1ccccc1F)C(C)(C)C. The Bertz CT molecular complexity index is 877. The zero-order valence-electron chi connectivity index (χ0n) is 19.4. The van der Waals surface area contributed by atoms with Gasteiger partial charge in [0.05, 0.1) is 19.3 Å². The first-order chi connectivity index (χ1) is 15.2. The van der Waals surface area contributed by atoms with Gasteiger partial charge in [-0.05, 0) is 35.2 Å². The average Bonchev–Trinajstić information content (AvgIpc) is 2.77. The van der Waals surface area contributed by atoms with Gasteiger partial charge in [-0.1, -0.05) is 45.0 Å². The number of urea groups is 1. The molecule has 0 saturated carbocycles. The Balaban J connectivity index is 1.56. The van der Waals surface area contributed by atoms with Crippen LogP contribution in [-0.2, 0) is 11.3 Å². The maximum Gasteiger partial charge on any atom is 0.317 e. The molecule has 1 N–H and O–H groups in total. The number of carbonyl (C=O) groups excluding carboxylic acids is 1. The normalized spacial score (nSPS) is 15.2. The van der Waals surface area contributed by atoms with E-state index in [1.54, 1.807) is 30.1 Å². The van der Waals surface area contributed by atoms with E-state index in [2.05, 4.69) is 34.5 Å². The quantitative estimate of drug-likeness (QED) is 0.693. The number of para-hydroxylation sites is 1. The lowest BCUT2D eigenvalue weighted by molar-refractivity contribution is 0.122. The predicted molar refractivity (Wildman–Crippen MR) is 125 cm³/mol. The highest BCUT2D eigenvalue weighted by molar-refractivity contribution is 5.74. The zero-order valence-corrected chi connectivity index (χ0v) is 19.4. The first-order valence-electron chi connectivity index (χ1n) is 11.0. The molecule has 1 heterocycles. The number of ether oxygens (including phenoxy) is 2. The minimum absolute atomic E-state index is 0.179. The molecule has 0 bridgehead atoms. The Labute approximate surface area is 190 Å². The van der Waals surface area contributed by atoms with Gasteiger partial charge < -0.3 is 24.6 Å². The molecule has 1 saturated heterocycles. The van der Waals surface area contributed by atoms with Crippen LogP contribution in [0.5, 0.6) is 5.75 Å². The van der Waals surface area contributed by atoms with Gasteiger partial charge in [0.15, 0.2) is 11.6 Å². The molecule has 6 nitrogen and oxygen atoms in total. The number of halogens is 1. The van der Waals surface area contributed by atoms with Gasteiger partial charge in [0.25, 0.3) is 0 Å². The van der Waals surface area contributed by atoms with Crippen LogP contribution in [0.25, 0.3) is 0 Å². The molecule has 2 amide bonds. The smallest absolute Gasteiger partial charge is 0.317 e. The number of hydrogen-bond donors (Lipinski definition) is 1. The van der Waals surface area contributed by atoms with E-state index in [4.69, 9.17) is 9.47 Å². The second-order valence-electron chi connectivity index (χ2n) is 9.23. The minimum Gasteiger partial charge on any atom is -0.488 e. The van der Waals surface area contributed by atoms with Crippen molar-refractivity contribution in [3.8, 4) is 5.75 Å². The van der Waals surface area contributed by atoms with Crippen LogP contribution in [0, 0.1) is 11.2 Å². The highest BCUT2D eigenvalue weighted by Gasteiger charge is 2.28. The number of morpholine rings is 1. The molecule has 0 aliphatic carbocycles. The number of amides is 2. The largest absolute Gasteiger partial charge is 0.488 e. The van der Waals surface area contributed by atoms with Gasteiger partial charge in [-0.25, -0.2) is 9.18 Å². The second-order valence-corrected chi connectivity index (χ2v) is 9.23. The third-order valence-corrected chi connectivity index (χ3v) is 5.66. The Morgan fingerprint density at radius 1 is 1.16 bits per heavy atom. The molecule has 7 heteroatoms. The summed E-state index contributed by atoms with van der Waals surface area (Å²) in [5.74, 6) is -0.228. The van der Waals surface area contributed by atoms with Gasteiger partial charge in [0, 0.05) is 32.4 Å². The summed E-state index contributed by atoms with van der Waals surface area (Å²) in [6.07, 6.45) is 0. The zero-order chi connectivity index (χ0) is 23.1. The maximum absolute atomic E-state index is 13.9. The summed E-state index contributed by atoms with van der Waals surface area (Å²) in [4.78, 5) is 16.8. The molecule has 1 aliphatic heterocycles. The van der Waals surface area contributed by atoms with E-state index in [0.717, 1.165) is 31.9 Å². The summed E-state index contributed by atoms with van der Waals surface area (Å²) < 4.78 is 25.0. The molecule has 0 spiro atoms. The Morgan fingerprint density at radius 2 is 1.81 bits per heavy atom. The van der Waals surface area contributed by atoms with Crippen LogP contribution in [0.3, 0.4) is 0 Å². The predicted octanol–water partition coefficient (Wildman–Crippen LogP) is 4.30. The molecule has 2 aromatic rings. The lowest BCUT2D eigenvalue weighted by Crippen LogP contribution is -2.51. The van der Waals surface area contributed by atoms with Gasteiger partial charge in [-0.3, -0.25) is 0 Å². The van der Waals surface area contributed by atoms with E-state index in [9.17, 15) is 9.18 Å². The van der Waals surface area contributed by atoms with Crippen LogP contribution in [0.15, 0.2) is 48.5 Å². The monoisotopic (exact) mass is 443 g/mol. The molecule has 3 rings (SSSR count). The molecule has 2 aromatic carbocycles. The molecule has 1 unspecified atom stereocenters. The molecular formula is C25H34FN3O3. The summed E-state index contributed by atoms with van der Waals surface area (Å²) in [5, 5.41) is 3.05. The second kappa shape index (κ2) is 10.7. The van der Waals surface area contributed by atoms with Crippen LogP contribution in [-0.4, -0.2) is 56.9 Å². The fourth-order valence-corrected chi connectivity index (χ4v) is 3.48. The van der Waals surface area contributed by atoms with E-state index in [-0.39, 0.29) is 29.8 Å². The fourth-order valence-electron chi connectivity index (χ4n) is 3.48. The summed E-state index contributed by atoms with van der Waals surface area (Å²) >= 11 is 0. The molecule has 174 valence electrons.